The SMILES string of the molecule is Cc1cn(C2CCCCC2)c(NCC(C)(C)C)n1. The fourth-order valence-corrected chi connectivity index (χ4v) is 2.63. The monoisotopic (exact) mass is 249 g/mol. The second-order valence-electron chi connectivity index (χ2n) is 6.82. The number of aromatic nitrogens is 2. The largest absolute Gasteiger partial charge is 0.355 e. The minimum absolute atomic E-state index is 0.289. The van der Waals surface area contributed by atoms with E-state index in [1.54, 1.807) is 0 Å². The van der Waals surface area contributed by atoms with E-state index in [9.17, 15) is 0 Å². The summed E-state index contributed by atoms with van der Waals surface area (Å²) in [5.74, 6) is 1.06. The highest BCUT2D eigenvalue weighted by Crippen LogP contribution is 2.31. The van der Waals surface area contributed by atoms with Crippen LogP contribution < -0.4 is 5.32 Å². The van der Waals surface area contributed by atoms with Crippen LogP contribution in [0.3, 0.4) is 0 Å². The molecular weight excluding hydrogens is 222 g/mol. The molecule has 0 amide bonds. The van der Waals surface area contributed by atoms with Crippen LogP contribution in [0.15, 0.2) is 6.20 Å². The third-order valence-electron chi connectivity index (χ3n) is 3.60. The summed E-state index contributed by atoms with van der Waals surface area (Å²) in [5.41, 5.74) is 1.41. The number of hydrogen-bond donors (Lipinski definition) is 1. The van der Waals surface area contributed by atoms with Gasteiger partial charge in [-0.05, 0) is 25.2 Å². The van der Waals surface area contributed by atoms with Crippen LogP contribution in [0.25, 0.3) is 0 Å². The van der Waals surface area contributed by atoms with Gasteiger partial charge in [-0.3, -0.25) is 0 Å². The first-order chi connectivity index (χ1) is 8.46. The maximum atomic E-state index is 4.64. The van der Waals surface area contributed by atoms with Gasteiger partial charge in [-0.15, -0.1) is 0 Å². The standard InChI is InChI=1S/C15H27N3/c1-12-10-18(13-8-6-5-7-9-13)14(17-12)16-11-15(2,3)4/h10,13H,5-9,11H2,1-4H3,(H,16,17). The zero-order chi connectivity index (χ0) is 13.2. The number of anilines is 1. The van der Waals surface area contributed by atoms with Gasteiger partial charge in [0.05, 0.1) is 5.69 Å². The van der Waals surface area contributed by atoms with Crippen LogP contribution >= 0.6 is 0 Å². The van der Waals surface area contributed by atoms with Crippen LogP contribution in [-0.2, 0) is 0 Å². The number of hydrogen-bond acceptors (Lipinski definition) is 2. The van der Waals surface area contributed by atoms with Gasteiger partial charge in [-0.25, -0.2) is 4.98 Å². The summed E-state index contributed by atoms with van der Waals surface area (Å²) in [6.45, 7) is 9.81. The average molecular weight is 249 g/mol. The molecule has 18 heavy (non-hydrogen) atoms. The topological polar surface area (TPSA) is 29.9 Å². The molecule has 0 aliphatic heterocycles. The Hall–Kier alpha value is -0.990. The Kier molecular flexibility index (Phi) is 3.98. The molecule has 0 atom stereocenters. The van der Waals surface area contributed by atoms with Gasteiger partial charge >= 0.3 is 0 Å². The highest BCUT2D eigenvalue weighted by atomic mass is 15.2. The van der Waals surface area contributed by atoms with Crippen molar-refractivity contribution >= 4 is 5.95 Å². The number of nitrogens with zero attached hydrogens (tertiary/aromatic N) is 2. The van der Waals surface area contributed by atoms with Crippen molar-refractivity contribution in [3.8, 4) is 0 Å². The molecule has 1 aliphatic carbocycles. The molecule has 1 N–H and O–H groups in total. The van der Waals surface area contributed by atoms with E-state index in [1.807, 2.05) is 0 Å². The minimum Gasteiger partial charge on any atom is -0.355 e. The first kappa shape index (κ1) is 13.4. The van der Waals surface area contributed by atoms with E-state index in [-0.39, 0.29) is 5.41 Å². The molecule has 1 aliphatic rings. The van der Waals surface area contributed by atoms with Gasteiger partial charge in [0.15, 0.2) is 0 Å². The van der Waals surface area contributed by atoms with E-state index in [0.717, 1.165) is 18.2 Å². The average Bonchev–Trinajstić information content (AvgIpc) is 2.68. The molecule has 1 fully saturated rings. The third kappa shape index (κ3) is 3.50. The van der Waals surface area contributed by atoms with E-state index >= 15 is 0 Å². The number of nitrogens with one attached hydrogen (secondary N) is 1. The second kappa shape index (κ2) is 5.33. The van der Waals surface area contributed by atoms with Gasteiger partial charge in [0, 0.05) is 18.8 Å². The fourth-order valence-electron chi connectivity index (χ4n) is 2.63. The van der Waals surface area contributed by atoms with Crippen LogP contribution in [0.4, 0.5) is 5.95 Å². The predicted octanol–water partition coefficient (Wildman–Crippen LogP) is 4.15. The van der Waals surface area contributed by atoms with Crippen molar-refractivity contribution in [1.82, 2.24) is 9.55 Å². The Morgan fingerprint density at radius 3 is 2.56 bits per heavy atom. The molecule has 3 heteroatoms. The molecule has 0 saturated heterocycles. The lowest BCUT2D eigenvalue weighted by molar-refractivity contribution is 0.354. The summed E-state index contributed by atoms with van der Waals surface area (Å²) in [6.07, 6.45) is 8.94. The highest BCUT2D eigenvalue weighted by molar-refractivity contribution is 5.30. The lowest BCUT2D eigenvalue weighted by Gasteiger charge is -2.26. The number of rotatable bonds is 3. The third-order valence-corrected chi connectivity index (χ3v) is 3.60. The first-order valence-corrected chi connectivity index (χ1v) is 7.25. The van der Waals surface area contributed by atoms with Crippen LogP contribution in [-0.4, -0.2) is 16.1 Å². The molecule has 102 valence electrons. The molecule has 1 heterocycles. The molecule has 0 bridgehead atoms. The first-order valence-electron chi connectivity index (χ1n) is 7.25. The summed E-state index contributed by atoms with van der Waals surface area (Å²) in [6, 6.07) is 0.655. The van der Waals surface area contributed by atoms with Gasteiger partial charge in [0.2, 0.25) is 5.95 Å². The van der Waals surface area contributed by atoms with E-state index in [1.165, 1.54) is 32.1 Å². The van der Waals surface area contributed by atoms with Crippen LogP contribution in [0, 0.1) is 12.3 Å². The van der Waals surface area contributed by atoms with Gasteiger partial charge in [-0.2, -0.15) is 0 Å². The molecule has 2 rings (SSSR count). The van der Waals surface area contributed by atoms with Gasteiger partial charge < -0.3 is 9.88 Å². The van der Waals surface area contributed by atoms with Crippen molar-refractivity contribution in [2.24, 2.45) is 5.41 Å². The number of aryl methyl sites for hydroxylation is 1. The van der Waals surface area contributed by atoms with Crippen molar-refractivity contribution < 1.29 is 0 Å². The maximum Gasteiger partial charge on any atom is 0.203 e. The summed E-state index contributed by atoms with van der Waals surface area (Å²) >= 11 is 0. The molecule has 1 aromatic rings. The zero-order valence-electron chi connectivity index (χ0n) is 12.3. The Morgan fingerprint density at radius 2 is 1.94 bits per heavy atom. The van der Waals surface area contributed by atoms with Crippen LogP contribution in [0.5, 0.6) is 0 Å². The van der Waals surface area contributed by atoms with Crippen molar-refractivity contribution in [2.45, 2.75) is 65.8 Å². The lowest BCUT2D eigenvalue weighted by Crippen LogP contribution is -2.22. The smallest absolute Gasteiger partial charge is 0.203 e. The molecule has 1 aromatic heterocycles. The Labute approximate surface area is 111 Å². The Bertz CT molecular complexity index is 381. The predicted molar refractivity (Wildman–Crippen MR) is 77.0 cm³/mol. The van der Waals surface area contributed by atoms with Crippen molar-refractivity contribution in [1.29, 1.82) is 0 Å². The molecule has 3 nitrogen and oxygen atoms in total. The zero-order valence-corrected chi connectivity index (χ0v) is 12.3. The van der Waals surface area contributed by atoms with Gasteiger partial charge in [0.25, 0.3) is 0 Å². The quantitative estimate of drug-likeness (QED) is 0.872. The lowest BCUT2D eigenvalue weighted by atomic mass is 9.95. The van der Waals surface area contributed by atoms with E-state index in [4.69, 9.17) is 0 Å². The summed E-state index contributed by atoms with van der Waals surface area (Å²) < 4.78 is 2.38. The van der Waals surface area contributed by atoms with E-state index in [0.29, 0.717) is 6.04 Å². The molecule has 0 unspecified atom stereocenters. The van der Waals surface area contributed by atoms with Crippen molar-refractivity contribution in [3.63, 3.8) is 0 Å². The highest BCUT2D eigenvalue weighted by Gasteiger charge is 2.19. The van der Waals surface area contributed by atoms with E-state index in [2.05, 4.69) is 48.8 Å². The molecule has 0 aromatic carbocycles. The maximum absolute atomic E-state index is 4.64. The van der Waals surface area contributed by atoms with Crippen LogP contribution in [0.2, 0.25) is 0 Å². The molecule has 0 spiro atoms. The second-order valence-corrected chi connectivity index (χ2v) is 6.82. The Balaban J connectivity index is 2.09. The normalized spacial score (nSPS) is 18.0. The summed E-state index contributed by atoms with van der Waals surface area (Å²) in [7, 11) is 0. The van der Waals surface area contributed by atoms with Crippen molar-refractivity contribution in [3.05, 3.63) is 11.9 Å². The van der Waals surface area contributed by atoms with Crippen molar-refractivity contribution in [2.75, 3.05) is 11.9 Å². The summed E-state index contributed by atoms with van der Waals surface area (Å²) in [4.78, 5) is 4.64. The van der Waals surface area contributed by atoms with E-state index < -0.39 is 0 Å². The molecular formula is C15H27N3. The summed E-state index contributed by atoms with van der Waals surface area (Å²) in [5, 5.41) is 3.52. The fraction of sp³-hybridized carbons (Fsp3) is 0.800. The number of imidazole rings is 1. The minimum atomic E-state index is 0.289. The van der Waals surface area contributed by atoms with Crippen LogP contribution in [0.1, 0.15) is 64.6 Å². The van der Waals surface area contributed by atoms with Gasteiger partial charge in [0.1, 0.15) is 0 Å². The Morgan fingerprint density at radius 1 is 1.28 bits per heavy atom. The molecule has 0 radical (unpaired) electrons. The van der Waals surface area contributed by atoms with Gasteiger partial charge in [-0.1, -0.05) is 40.0 Å². The molecule has 1 saturated carbocycles.